The molecule has 0 aromatic rings. The zero-order valence-corrected chi connectivity index (χ0v) is 12.0. The molecule has 2 aliphatic rings. The second-order valence-electron chi connectivity index (χ2n) is 5.85. The number of carbonyl (C=O) groups excluding carboxylic acids is 2. The highest BCUT2D eigenvalue weighted by atomic mass is 16.2. The second kappa shape index (κ2) is 5.90. The molecule has 0 aromatic carbocycles. The number of piperidine rings is 1. The first-order valence-corrected chi connectivity index (χ1v) is 7.37. The van der Waals surface area contributed by atoms with E-state index in [1.165, 1.54) is 0 Å². The number of nitrogens with one attached hydrogen (secondary N) is 2. The van der Waals surface area contributed by atoms with Gasteiger partial charge < -0.3 is 15.5 Å². The first-order valence-electron chi connectivity index (χ1n) is 7.37. The van der Waals surface area contributed by atoms with Crippen LogP contribution in [0.4, 0.5) is 0 Å². The molecular weight excluding hydrogens is 242 g/mol. The van der Waals surface area contributed by atoms with Gasteiger partial charge in [-0.05, 0) is 32.2 Å². The molecule has 5 nitrogen and oxygen atoms in total. The first-order chi connectivity index (χ1) is 9.07. The molecule has 19 heavy (non-hydrogen) atoms. The van der Waals surface area contributed by atoms with E-state index in [9.17, 15) is 9.59 Å². The standard InChI is InChI=1S/C14H25N3O2/c1-3-7-14(8-4-9-15-14)13(19)16-11-5-6-12(18)17(2)10-11/h11,15H,3-10H2,1-2H3,(H,16,19). The van der Waals surface area contributed by atoms with Crippen LogP contribution in [0.3, 0.4) is 0 Å². The molecule has 0 bridgehead atoms. The summed E-state index contributed by atoms with van der Waals surface area (Å²) in [5.74, 6) is 0.298. The van der Waals surface area contributed by atoms with Crippen molar-refractivity contribution in [2.24, 2.45) is 0 Å². The number of amides is 2. The minimum Gasteiger partial charge on any atom is -0.350 e. The van der Waals surface area contributed by atoms with E-state index >= 15 is 0 Å². The van der Waals surface area contributed by atoms with Crippen molar-refractivity contribution in [1.82, 2.24) is 15.5 Å². The molecule has 2 fully saturated rings. The summed E-state index contributed by atoms with van der Waals surface area (Å²) in [6.45, 7) is 3.67. The van der Waals surface area contributed by atoms with Crippen LogP contribution in [-0.2, 0) is 9.59 Å². The molecule has 2 atom stereocenters. The van der Waals surface area contributed by atoms with Crippen molar-refractivity contribution in [1.29, 1.82) is 0 Å². The largest absolute Gasteiger partial charge is 0.350 e. The molecule has 108 valence electrons. The van der Waals surface area contributed by atoms with Crippen LogP contribution in [-0.4, -0.2) is 48.4 Å². The van der Waals surface area contributed by atoms with Crippen LogP contribution in [0.2, 0.25) is 0 Å². The Morgan fingerprint density at radius 3 is 2.95 bits per heavy atom. The van der Waals surface area contributed by atoms with Gasteiger partial charge in [0.05, 0.1) is 5.54 Å². The average Bonchev–Trinajstić information content (AvgIpc) is 2.84. The summed E-state index contributed by atoms with van der Waals surface area (Å²) >= 11 is 0. The summed E-state index contributed by atoms with van der Waals surface area (Å²) in [5.41, 5.74) is -0.366. The van der Waals surface area contributed by atoms with Crippen LogP contribution >= 0.6 is 0 Å². The van der Waals surface area contributed by atoms with Gasteiger partial charge in [0, 0.05) is 26.1 Å². The van der Waals surface area contributed by atoms with Crippen LogP contribution in [0.25, 0.3) is 0 Å². The number of carbonyl (C=O) groups is 2. The van der Waals surface area contributed by atoms with Crippen LogP contribution in [0.5, 0.6) is 0 Å². The SMILES string of the molecule is CCCC1(C(=O)NC2CCC(=O)N(C)C2)CCCN1. The molecule has 0 saturated carbocycles. The van der Waals surface area contributed by atoms with Crippen LogP contribution in [0, 0.1) is 0 Å². The van der Waals surface area contributed by atoms with Gasteiger partial charge in [-0.25, -0.2) is 0 Å². The molecule has 2 heterocycles. The van der Waals surface area contributed by atoms with E-state index in [1.54, 1.807) is 11.9 Å². The van der Waals surface area contributed by atoms with Gasteiger partial charge in [0.25, 0.3) is 0 Å². The zero-order valence-electron chi connectivity index (χ0n) is 12.0. The van der Waals surface area contributed by atoms with Gasteiger partial charge in [0.2, 0.25) is 11.8 Å². The van der Waals surface area contributed by atoms with Crippen molar-refractivity contribution in [3.8, 4) is 0 Å². The highest BCUT2D eigenvalue weighted by Crippen LogP contribution is 2.25. The molecule has 0 spiro atoms. The van der Waals surface area contributed by atoms with Gasteiger partial charge in [-0.15, -0.1) is 0 Å². The Morgan fingerprint density at radius 2 is 2.37 bits per heavy atom. The molecule has 2 amide bonds. The van der Waals surface area contributed by atoms with Crippen LogP contribution < -0.4 is 10.6 Å². The van der Waals surface area contributed by atoms with Crippen molar-refractivity contribution in [3.05, 3.63) is 0 Å². The third-order valence-corrected chi connectivity index (χ3v) is 4.32. The second-order valence-corrected chi connectivity index (χ2v) is 5.85. The van der Waals surface area contributed by atoms with Crippen molar-refractivity contribution >= 4 is 11.8 Å². The maximum absolute atomic E-state index is 12.5. The van der Waals surface area contributed by atoms with E-state index in [0.29, 0.717) is 13.0 Å². The normalized spacial score (nSPS) is 31.6. The topological polar surface area (TPSA) is 61.4 Å². The summed E-state index contributed by atoms with van der Waals surface area (Å²) in [6, 6.07) is 0.103. The maximum atomic E-state index is 12.5. The summed E-state index contributed by atoms with van der Waals surface area (Å²) in [5, 5.41) is 6.53. The molecule has 5 heteroatoms. The van der Waals surface area contributed by atoms with E-state index in [4.69, 9.17) is 0 Å². The smallest absolute Gasteiger partial charge is 0.240 e. The van der Waals surface area contributed by atoms with Crippen molar-refractivity contribution in [2.75, 3.05) is 20.1 Å². The lowest BCUT2D eigenvalue weighted by Crippen LogP contribution is -2.58. The highest BCUT2D eigenvalue weighted by molar-refractivity contribution is 5.87. The predicted molar refractivity (Wildman–Crippen MR) is 73.7 cm³/mol. The van der Waals surface area contributed by atoms with Gasteiger partial charge in [0.1, 0.15) is 0 Å². The minimum absolute atomic E-state index is 0.103. The van der Waals surface area contributed by atoms with E-state index in [2.05, 4.69) is 17.6 Å². The summed E-state index contributed by atoms with van der Waals surface area (Å²) in [6.07, 6.45) is 5.18. The number of hydrogen-bond acceptors (Lipinski definition) is 3. The molecule has 2 N–H and O–H groups in total. The summed E-state index contributed by atoms with van der Waals surface area (Å²) in [7, 11) is 1.80. The lowest BCUT2D eigenvalue weighted by Gasteiger charge is -2.34. The number of nitrogens with zero attached hydrogens (tertiary/aromatic N) is 1. The Kier molecular flexibility index (Phi) is 4.45. The molecule has 2 unspecified atom stereocenters. The average molecular weight is 267 g/mol. The Bertz CT molecular complexity index is 351. The lowest BCUT2D eigenvalue weighted by atomic mass is 9.90. The molecule has 0 aromatic heterocycles. The Morgan fingerprint density at radius 1 is 1.58 bits per heavy atom. The number of hydrogen-bond donors (Lipinski definition) is 2. The Labute approximate surface area is 115 Å². The summed E-state index contributed by atoms with van der Waals surface area (Å²) in [4.78, 5) is 25.7. The van der Waals surface area contributed by atoms with Crippen molar-refractivity contribution < 1.29 is 9.59 Å². The van der Waals surface area contributed by atoms with Gasteiger partial charge in [0.15, 0.2) is 0 Å². The molecule has 0 radical (unpaired) electrons. The monoisotopic (exact) mass is 267 g/mol. The van der Waals surface area contributed by atoms with Crippen LogP contribution in [0.15, 0.2) is 0 Å². The fourth-order valence-corrected chi connectivity index (χ4v) is 3.21. The number of rotatable bonds is 4. The fraction of sp³-hybridized carbons (Fsp3) is 0.857. The molecule has 0 aliphatic carbocycles. The Balaban J connectivity index is 1.94. The van der Waals surface area contributed by atoms with E-state index in [-0.39, 0.29) is 23.4 Å². The van der Waals surface area contributed by atoms with Gasteiger partial charge in [-0.3, -0.25) is 9.59 Å². The number of likely N-dealkylation sites (N-methyl/N-ethyl adjacent to an activating group) is 1. The minimum atomic E-state index is -0.366. The van der Waals surface area contributed by atoms with Crippen LogP contribution in [0.1, 0.15) is 45.4 Å². The third-order valence-electron chi connectivity index (χ3n) is 4.32. The quantitative estimate of drug-likeness (QED) is 0.786. The zero-order chi connectivity index (χ0) is 13.9. The highest BCUT2D eigenvalue weighted by Gasteiger charge is 2.41. The molecule has 2 rings (SSSR count). The third kappa shape index (κ3) is 3.08. The number of likely N-dealkylation sites (tertiary alicyclic amines) is 1. The van der Waals surface area contributed by atoms with Crippen molar-refractivity contribution in [2.45, 2.75) is 57.0 Å². The predicted octanol–water partition coefficient (Wildman–Crippen LogP) is 0.646. The molecule has 2 saturated heterocycles. The molecular formula is C14H25N3O2. The van der Waals surface area contributed by atoms with E-state index < -0.39 is 0 Å². The molecule has 2 aliphatic heterocycles. The Hall–Kier alpha value is -1.10. The summed E-state index contributed by atoms with van der Waals surface area (Å²) < 4.78 is 0. The fourth-order valence-electron chi connectivity index (χ4n) is 3.21. The lowest BCUT2D eigenvalue weighted by molar-refractivity contribution is -0.135. The van der Waals surface area contributed by atoms with Crippen molar-refractivity contribution in [3.63, 3.8) is 0 Å². The maximum Gasteiger partial charge on any atom is 0.240 e. The van der Waals surface area contributed by atoms with Gasteiger partial charge >= 0.3 is 0 Å². The van der Waals surface area contributed by atoms with Gasteiger partial charge in [-0.2, -0.15) is 0 Å². The first kappa shape index (κ1) is 14.3. The van der Waals surface area contributed by atoms with E-state index in [0.717, 1.165) is 38.6 Å². The van der Waals surface area contributed by atoms with E-state index in [1.807, 2.05) is 0 Å². The van der Waals surface area contributed by atoms with Gasteiger partial charge in [-0.1, -0.05) is 13.3 Å².